The summed E-state index contributed by atoms with van der Waals surface area (Å²) in [4.78, 5) is 12.3. The third-order valence-electron chi connectivity index (χ3n) is 4.46. The number of carbonyl (C=O) groups is 1. The maximum Gasteiger partial charge on any atom is 0.343 e. The Morgan fingerprint density at radius 3 is 2.30 bits per heavy atom. The number of ether oxygens (including phenoxy) is 1. The van der Waals surface area contributed by atoms with Gasteiger partial charge in [-0.25, -0.2) is 9.18 Å². The van der Waals surface area contributed by atoms with Gasteiger partial charge in [-0.1, -0.05) is 36.4 Å². The van der Waals surface area contributed by atoms with E-state index in [9.17, 15) is 14.3 Å². The van der Waals surface area contributed by atoms with Gasteiger partial charge in [0.1, 0.15) is 5.75 Å². The molecule has 0 unspecified atom stereocenters. The van der Waals surface area contributed by atoms with E-state index < -0.39 is 11.8 Å². The van der Waals surface area contributed by atoms with Crippen molar-refractivity contribution in [3.8, 4) is 11.5 Å². The molecule has 0 fully saturated rings. The third kappa shape index (κ3) is 4.53. The normalized spacial score (nSPS) is 10.6. The second-order valence-corrected chi connectivity index (χ2v) is 6.60. The van der Waals surface area contributed by atoms with E-state index in [0.29, 0.717) is 11.3 Å². The van der Waals surface area contributed by atoms with Crippen LogP contribution in [0.1, 0.15) is 32.6 Å². The van der Waals surface area contributed by atoms with Crippen LogP contribution in [0.15, 0.2) is 60.7 Å². The van der Waals surface area contributed by atoms with Crippen molar-refractivity contribution in [1.29, 1.82) is 0 Å². The summed E-state index contributed by atoms with van der Waals surface area (Å²) in [5.41, 5.74) is 4.21. The standard InChI is InChI=1S/C23H21FO3/c1-15-12-18(13-16(2)22(15)25)11-10-17-6-5-7-19(14-17)23(26)27-21-9-4-3-8-20(21)24/h3-9,12-14,25H,10-11H2,1-2H3. The topological polar surface area (TPSA) is 46.5 Å². The van der Waals surface area contributed by atoms with E-state index >= 15 is 0 Å². The molecule has 0 atom stereocenters. The number of phenols is 1. The Labute approximate surface area is 158 Å². The number of hydrogen-bond acceptors (Lipinski definition) is 3. The molecule has 0 amide bonds. The minimum absolute atomic E-state index is 0.0806. The first-order valence-corrected chi connectivity index (χ1v) is 8.79. The molecule has 0 aliphatic carbocycles. The SMILES string of the molecule is Cc1cc(CCc2cccc(C(=O)Oc3ccccc3F)c2)cc(C)c1O. The third-order valence-corrected chi connectivity index (χ3v) is 4.46. The second-order valence-electron chi connectivity index (χ2n) is 6.60. The Morgan fingerprint density at radius 2 is 1.59 bits per heavy atom. The summed E-state index contributed by atoms with van der Waals surface area (Å²) in [6, 6.07) is 16.9. The zero-order valence-corrected chi connectivity index (χ0v) is 15.3. The van der Waals surface area contributed by atoms with Crippen LogP contribution in [0.4, 0.5) is 4.39 Å². The molecule has 0 saturated carbocycles. The summed E-state index contributed by atoms with van der Waals surface area (Å²) in [5.74, 6) is -0.905. The lowest BCUT2D eigenvalue weighted by Crippen LogP contribution is -2.10. The number of carbonyl (C=O) groups excluding carboxylic acids is 1. The molecule has 0 spiro atoms. The molecule has 0 aromatic heterocycles. The van der Waals surface area contributed by atoms with Crippen LogP contribution in [-0.2, 0) is 12.8 Å². The lowest BCUT2D eigenvalue weighted by atomic mass is 9.99. The molecule has 0 aliphatic rings. The van der Waals surface area contributed by atoms with E-state index in [1.807, 2.05) is 32.0 Å². The predicted molar refractivity (Wildman–Crippen MR) is 103 cm³/mol. The van der Waals surface area contributed by atoms with Crippen molar-refractivity contribution >= 4 is 5.97 Å². The highest BCUT2D eigenvalue weighted by Gasteiger charge is 2.12. The fourth-order valence-electron chi connectivity index (χ4n) is 3.02. The molecule has 3 aromatic rings. The van der Waals surface area contributed by atoms with Gasteiger partial charge in [-0.05, 0) is 73.2 Å². The highest BCUT2D eigenvalue weighted by molar-refractivity contribution is 5.91. The molecule has 0 heterocycles. The van der Waals surface area contributed by atoms with Gasteiger partial charge in [0.15, 0.2) is 11.6 Å². The van der Waals surface area contributed by atoms with Gasteiger partial charge in [0.25, 0.3) is 0 Å². The first-order valence-electron chi connectivity index (χ1n) is 8.79. The fraction of sp³-hybridized carbons (Fsp3) is 0.174. The number of para-hydroxylation sites is 1. The zero-order valence-electron chi connectivity index (χ0n) is 15.3. The van der Waals surface area contributed by atoms with Gasteiger partial charge in [-0.3, -0.25) is 0 Å². The van der Waals surface area contributed by atoms with Crippen LogP contribution in [0, 0.1) is 19.7 Å². The van der Waals surface area contributed by atoms with Crippen LogP contribution in [0.5, 0.6) is 11.5 Å². The summed E-state index contributed by atoms with van der Waals surface area (Å²) < 4.78 is 18.8. The second kappa shape index (κ2) is 8.04. The first-order chi connectivity index (χ1) is 12.9. The molecule has 3 nitrogen and oxygen atoms in total. The average Bonchev–Trinajstić information content (AvgIpc) is 2.66. The summed E-state index contributed by atoms with van der Waals surface area (Å²) in [6.45, 7) is 3.76. The first kappa shape index (κ1) is 18.6. The maximum atomic E-state index is 13.7. The summed E-state index contributed by atoms with van der Waals surface area (Å²) in [5, 5.41) is 9.88. The molecule has 3 aromatic carbocycles. The smallest absolute Gasteiger partial charge is 0.343 e. The van der Waals surface area contributed by atoms with Crippen molar-refractivity contribution in [3.63, 3.8) is 0 Å². The number of aryl methyl sites for hydroxylation is 4. The van der Waals surface area contributed by atoms with Gasteiger partial charge in [-0.2, -0.15) is 0 Å². The van der Waals surface area contributed by atoms with Crippen molar-refractivity contribution in [3.05, 3.63) is 94.3 Å². The molecular formula is C23H21FO3. The van der Waals surface area contributed by atoms with Crippen LogP contribution in [-0.4, -0.2) is 11.1 Å². The van der Waals surface area contributed by atoms with Crippen molar-refractivity contribution in [1.82, 2.24) is 0 Å². The van der Waals surface area contributed by atoms with Crippen LogP contribution in [0.2, 0.25) is 0 Å². The van der Waals surface area contributed by atoms with Gasteiger partial charge < -0.3 is 9.84 Å². The van der Waals surface area contributed by atoms with Crippen molar-refractivity contribution in [2.24, 2.45) is 0 Å². The number of halogens is 1. The molecule has 138 valence electrons. The molecule has 3 rings (SSSR count). The Balaban J connectivity index is 1.70. The van der Waals surface area contributed by atoms with Crippen LogP contribution in [0.3, 0.4) is 0 Å². The highest BCUT2D eigenvalue weighted by atomic mass is 19.1. The van der Waals surface area contributed by atoms with Crippen molar-refractivity contribution < 1.29 is 19.0 Å². The minimum Gasteiger partial charge on any atom is -0.507 e. The molecule has 0 bridgehead atoms. The van der Waals surface area contributed by atoms with Gasteiger partial charge in [0.2, 0.25) is 0 Å². The Bertz CT molecular complexity index is 956. The van der Waals surface area contributed by atoms with E-state index in [1.165, 1.54) is 12.1 Å². The van der Waals surface area contributed by atoms with Gasteiger partial charge in [0.05, 0.1) is 5.56 Å². The predicted octanol–water partition coefficient (Wildman–Crippen LogP) is 5.15. The van der Waals surface area contributed by atoms with Crippen LogP contribution in [0.25, 0.3) is 0 Å². The zero-order chi connectivity index (χ0) is 19.4. The monoisotopic (exact) mass is 364 g/mol. The minimum atomic E-state index is -0.585. The Hall–Kier alpha value is -3.14. The van der Waals surface area contributed by atoms with E-state index in [-0.39, 0.29) is 5.75 Å². The quantitative estimate of drug-likeness (QED) is 0.503. The van der Waals surface area contributed by atoms with Gasteiger partial charge in [-0.15, -0.1) is 0 Å². The summed E-state index contributed by atoms with van der Waals surface area (Å²) in [7, 11) is 0. The van der Waals surface area contributed by atoms with E-state index in [4.69, 9.17) is 4.74 Å². The number of benzene rings is 3. The molecule has 0 aliphatic heterocycles. The lowest BCUT2D eigenvalue weighted by molar-refractivity contribution is 0.0727. The number of aromatic hydroxyl groups is 1. The molecule has 1 N–H and O–H groups in total. The molecular weight excluding hydrogens is 343 g/mol. The maximum absolute atomic E-state index is 13.7. The lowest BCUT2D eigenvalue weighted by Gasteiger charge is -2.09. The number of hydrogen-bond donors (Lipinski definition) is 1. The summed E-state index contributed by atoms with van der Waals surface area (Å²) >= 11 is 0. The molecule has 27 heavy (non-hydrogen) atoms. The van der Waals surface area contributed by atoms with Crippen molar-refractivity contribution in [2.75, 3.05) is 0 Å². The summed E-state index contributed by atoms with van der Waals surface area (Å²) in [6.07, 6.45) is 1.53. The van der Waals surface area contributed by atoms with E-state index in [1.54, 1.807) is 30.3 Å². The molecule has 0 saturated heterocycles. The molecule has 0 radical (unpaired) electrons. The fourth-order valence-corrected chi connectivity index (χ4v) is 3.02. The largest absolute Gasteiger partial charge is 0.507 e. The van der Waals surface area contributed by atoms with Crippen molar-refractivity contribution in [2.45, 2.75) is 26.7 Å². The number of rotatable bonds is 5. The van der Waals surface area contributed by atoms with Gasteiger partial charge in [0, 0.05) is 0 Å². The Kier molecular flexibility index (Phi) is 5.55. The highest BCUT2D eigenvalue weighted by Crippen LogP contribution is 2.24. The van der Waals surface area contributed by atoms with Gasteiger partial charge >= 0.3 is 5.97 Å². The van der Waals surface area contributed by atoms with E-state index in [2.05, 4.69) is 0 Å². The van der Waals surface area contributed by atoms with Crippen LogP contribution >= 0.6 is 0 Å². The van der Waals surface area contributed by atoms with Crippen LogP contribution < -0.4 is 4.74 Å². The Morgan fingerprint density at radius 1 is 0.926 bits per heavy atom. The van der Waals surface area contributed by atoms with E-state index in [0.717, 1.165) is 35.1 Å². The average molecular weight is 364 g/mol. The molecule has 4 heteroatoms. The number of esters is 1. The number of phenolic OH excluding ortho intramolecular Hbond substituents is 1.